The second kappa shape index (κ2) is 9.73. The molecule has 2 atom stereocenters. The van der Waals surface area contributed by atoms with Gasteiger partial charge in [0.1, 0.15) is 0 Å². The van der Waals surface area contributed by atoms with Gasteiger partial charge in [-0.05, 0) is 44.4 Å². The van der Waals surface area contributed by atoms with Crippen LogP contribution in [0.5, 0.6) is 0 Å². The Morgan fingerprint density at radius 2 is 1.88 bits per heavy atom. The van der Waals surface area contributed by atoms with Crippen LogP contribution in [0, 0.1) is 5.92 Å². The molecule has 3 amide bonds. The number of hydrogen-bond donors (Lipinski definition) is 1. The third-order valence-electron chi connectivity index (χ3n) is 6.57. The smallest absolute Gasteiger partial charge is 0.338 e. The zero-order valence-electron chi connectivity index (χ0n) is 19.3. The van der Waals surface area contributed by atoms with Crippen LogP contribution in [0.15, 0.2) is 35.5 Å². The van der Waals surface area contributed by atoms with Gasteiger partial charge in [0.05, 0.1) is 18.2 Å². The standard InChI is InChI=1S/C24H31ClN4O4/c1-4-33-23(31)20-19(14-28-11-12-29(15(2)13-28)22(30)17-5-6-17)27(3)24(32)26-21(20)16-7-9-18(25)10-8-16/h7-10,15,17,21H,4-6,11-14H2,1-3H3,(H,26,32). The highest BCUT2D eigenvalue weighted by Crippen LogP contribution is 2.34. The van der Waals surface area contributed by atoms with E-state index in [0.29, 0.717) is 42.5 Å². The lowest BCUT2D eigenvalue weighted by Gasteiger charge is -2.42. The monoisotopic (exact) mass is 474 g/mol. The predicted octanol–water partition coefficient (Wildman–Crippen LogP) is 2.80. The lowest BCUT2D eigenvalue weighted by atomic mass is 9.94. The Hall–Kier alpha value is -2.58. The summed E-state index contributed by atoms with van der Waals surface area (Å²) < 4.78 is 5.39. The summed E-state index contributed by atoms with van der Waals surface area (Å²) in [6.07, 6.45) is 1.99. The number of halogens is 1. The predicted molar refractivity (Wildman–Crippen MR) is 124 cm³/mol. The van der Waals surface area contributed by atoms with Gasteiger partial charge in [-0.2, -0.15) is 0 Å². The molecule has 1 saturated heterocycles. The summed E-state index contributed by atoms with van der Waals surface area (Å²) in [6.45, 7) is 6.48. The molecule has 0 spiro atoms. The van der Waals surface area contributed by atoms with E-state index in [-0.39, 0.29) is 30.5 Å². The number of urea groups is 1. The number of amides is 3. The summed E-state index contributed by atoms with van der Waals surface area (Å²) in [4.78, 5) is 44.2. The summed E-state index contributed by atoms with van der Waals surface area (Å²) in [6, 6.07) is 6.25. The van der Waals surface area contributed by atoms with Gasteiger partial charge in [-0.1, -0.05) is 23.7 Å². The molecule has 2 heterocycles. The number of ether oxygens (including phenoxy) is 1. The maximum atomic E-state index is 13.1. The first-order valence-corrected chi connectivity index (χ1v) is 11.9. The molecule has 8 nitrogen and oxygen atoms in total. The normalized spacial score (nSPS) is 24.1. The van der Waals surface area contributed by atoms with Crippen molar-refractivity contribution in [1.82, 2.24) is 20.0 Å². The van der Waals surface area contributed by atoms with Crippen LogP contribution in [-0.4, -0.2) is 78.5 Å². The molecular weight excluding hydrogens is 444 g/mol. The van der Waals surface area contributed by atoms with Crippen molar-refractivity contribution in [3.8, 4) is 0 Å². The number of hydrogen-bond acceptors (Lipinski definition) is 5. The van der Waals surface area contributed by atoms with E-state index in [9.17, 15) is 14.4 Å². The first-order chi connectivity index (χ1) is 15.8. The van der Waals surface area contributed by atoms with Crippen molar-refractivity contribution in [2.24, 2.45) is 5.92 Å². The summed E-state index contributed by atoms with van der Waals surface area (Å²) in [5.74, 6) is 0.00544. The highest BCUT2D eigenvalue weighted by atomic mass is 35.5. The van der Waals surface area contributed by atoms with E-state index in [1.165, 1.54) is 4.90 Å². The number of likely N-dealkylation sites (N-methyl/N-ethyl adjacent to an activating group) is 1. The molecule has 0 radical (unpaired) electrons. The van der Waals surface area contributed by atoms with Crippen LogP contribution in [0.25, 0.3) is 0 Å². The molecule has 178 valence electrons. The second-order valence-corrected chi connectivity index (χ2v) is 9.40. The van der Waals surface area contributed by atoms with Crippen LogP contribution in [0.3, 0.4) is 0 Å². The van der Waals surface area contributed by atoms with Gasteiger partial charge in [0.25, 0.3) is 0 Å². The minimum Gasteiger partial charge on any atom is -0.463 e. The van der Waals surface area contributed by atoms with Crippen molar-refractivity contribution >= 4 is 29.5 Å². The Morgan fingerprint density at radius 1 is 1.18 bits per heavy atom. The summed E-state index contributed by atoms with van der Waals surface area (Å²) in [7, 11) is 1.66. The molecule has 1 aromatic rings. The highest BCUT2D eigenvalue weighted by Gasteiger charge is 2.40. The quantitative estimate of drug-likeness (QED) is 0.641. The molecule has 2 aliphatic heterocycles. The Bertz CT molecular complexity index is 960. The summed E-state index contributed by atoms with van der Waals surface area (Å²) >= 11 is 6.05. The first kappa shape index (κ1) is 23.6. The molecular formula is C24H31ClN4O4. The van der Waals surface area contributed by atoms with Crippen molar-refractivity contribution in [1.29, 1.82) is 0 Å². The van der Waals surface area contributed by atoms with Crippen molar-refractivity contribution in [2.45, 2.75) is 38.8 Å². The fourth-order valence-corrected chi connectivity index (χ4v) is 4.71. The van der Waals surface area contributed by atoms with Gasteiger partial charge in [0, 0.05) is 55.9 Å². The second-order valence-electron chi connectivity index (χ2n) is 8.96. The van der Waals surface area contributed by atoms with E-state index in [4.69, 9.17) is 16.3 Å². The molecule has 0 bridgehead atoms. The summed E-state index contributed by atoms with van der Waals surface area (Å²) in [5.41, 5.74) is 1.80. The Morgan fingerprint density at radius 3 is 2.48 bits per heavy atom. The van der Waals surface area contributed by atoms with Gasteiger partial charge in [-0.3, -0.25) is 14.6 Å². The topological polar surface area (TPSA) is 82.2 Å². The number of nitrogens with zero attached hydrogens (tertiary/aromatic N) is 3. The third-order valence-corrected chi connectivity index (χ3v) is 6.82. The molecule has 4 rings (SSSR count). The van der Waals surface area contributed by atoms with E-state index >= 15 is 0 Å². The zero-order valence-corrected chi connectivity index (χ0v) is 20.1. The average molecular weight is 475 g/mol. The number of carbonyl (C=O) groups is 3. The van der Waals surface area contributed by atoms with Crippen LogP contribution in [0.4, 0.5) is 4.79 Å². The van der Waals surface area contributed by atoms with E-state index < -0.39 is 12.0 Å². The molecule has 2 unspecified atom stereocenters. The van der Waals surface area contributed by atoms with Gasteiger partial charge in [-0.25, -0.2) is 9.59 Å². The van der Waals surface area contributed by atoms with Crippen molar-refractivity contribution in [3.05, 3.63) is 46.1 Å². The fourth-order valence-electron chi connectivity index (χ4n) is 4.58. The number of nitrogens with one attached hydrogen (secondary N) is 1. The molecule has 2 fully saturated rings. The molecule has 1 N–H and O–H groups in total. The Labute approximate surface area is 199 Å². The maximum absolute atomic E-state index is 13.1. The lowest BCUT2D eigenvalue weighted by molar-refractivity contribution is -0.139. The average Bonchev–Trinajstić information content (AvgIpc) is 3.62. The molecule has 0 aromatic heterocycles. The molecule has 1 saturated carbocycles. The van der Waals surface area contributed by atoms with Crippen molar-refractivity contribution in [3.63, 3.8) is 0 Å². The Kier molecular flexibility index (Phi) is 6.95. The number of rotatable bonds is 6. The zero-order chi connectivity index (χ0) is 23.7. The fraction of sp³-hybridized carbons (Fsp3) is 0.542. The summed E-state index contributed by atoms with van der Waals surface area (Å²) in [5, 5.41) is 3.50. The number of carbonyl (C=O) groups excluding carboxylic acids is 3. The van der Waals surface area contributed by atoms with Crippen LogP contribution < -0.4 is 5.32 Å². The molecule has 1 aliphatic carbocycles. The molecule has 9 heteroatoms. The molecule has 33 heavy (non-hydrogen) atoms. The van der Waals surface area contributed by atoms with Crippen molar-refractivity contribution in [2.75, 3.05) is 39.8 Å². The van der Waals surface area contributed by atoms with E-state index in [1.54, 1.807) is 38.2 Å². The van der Waals surface area contributed by atoms with Gasteiger partial charge < -0.3 is 15.0 Å². The minimum atomic E-state index is -0.629. The van der Waals surface area contributed by atoms with Crippen LogP contribution >= 0.6 is 11.6 Å². The third kappa shape index (κ3) is 5.01. The van der Waals surface area contributed by atoms with Crippen LogP contribution in [-0.2, 0) is 14.3 Å². The van der Waals surface area contributed by atoms with E-state index in [1.807, 2.05) is 4.90 Å². The van der Waals surface area contributed by atoms with E-state index in [2.05, 4.69) is 17.1 Å². The number of piperazine rings is 1. The lowest BCUT2D eigenvalue weighted by Crippen LogP contribution is -2.56. The highest BCUT2D eigenvalue weighted by molar-refractivity contribution is 6.30. The number of esters is 1. The Balaban J connectivity index is 1.62. The van der Waals surface area contributed by atoms with Crippen molar-refractivity contribution < 1.29 is 19.1 Å². The van der Waals surface area contributed by atoms with Crippen LogP contribution in [0.2, 0.25) is 5.02 Å². The van der Waals surface area contributed by atoms with Gasteiger partial charge >= 0.3 is 12.0 Å². The molecule has 3 aliphatic rings. The van der Waals surface area contributed by atoms with Gasteiger partial charge in [-0.15, -0.1) is 0 Å². The first-order valence-electron chi connectivity index (χ1n) is 11.5. The largest absolute Gasteiger partial charge is 0.463 e. The minimum absolute atomic E-state index is 0.0771. The number of benzene rings is 1. The molecule has 1 aromatic carbocycles. The van der Waals surface area contributed by atoms with E-state index in [0.717, 1.165) is 18.4 Å². The van der Waals surface area contributed by atoms with Crippen LogP contribution in [0.1, 0.15) is 38.3 Å². The SMILES string of the molecule is CCOC(=O)C1=C(CN2CCN(C(=O)C3CC3)C(C)C2)N(C)C(=O)NC1c1ccc(Cl)cc1. The van der Waals surface area contributed by atoms with Gasteiger partial charge in [0.15, 0.2) is 0 Å². The maximum Gasteiger partial charge on any atom is 0.338 e. The van der Waals surface area contributed by atoms with Gasteiger partial charge in [0.2, 0.25) is 5.91 Å².